The Morgan fingerprint density at radius 2 is 1.85 bits per heavy atom. The van der Waals surface area contributed by atoms with Gasteiger partial charge >= 0.3 is 0 Å². The number of para-hydroxylation sites is 2. The van der Waals surface area contributed by atoms with E-state index in [0.717, 1.165) is 34.0 Å². The molecule has 0 unspecified atom stereocenters. The molecule has 0 saturated heterocycles. The number of imidazole rings is 1. The number of H-pyrrole nitrogens is 1. The predicted octanol–water partition coefficient (Wildman–Crippen LogP) is 3.30. The monoisotopic (exact) mass is 287 g/mol. The Labute approximate surface area is 122 Å². The fourth-order valence-electron chi connectivity index (χ4n) is 2.41. The number of halogens is 1. The van der Waals surface area contributed by atoms with E-state index in [0.29, 0.717) is 6.61 Å². The van der Waals surface area contributed by atoms with Crippen molar-refractivity contribution in [2.45, 2.75) is 13.2 Å². The number of methoxy groups -OCH3 is 1. The third kappa shape index (κ3) is 2.42. The Bertz CT molecular complexity index is 736. The summed E-state index contributed by atoms with van der Waals surface area (Å²) in [4.78, 5) is 3.40. The number of nitrogens with zero attached hydrogens (tertiary/aromatic N) is 1. The van der Waals surface area contributed by atoms with E-state index in [-0.39, 0.29) is 0 Å². The molecule has 0 fully saturated rings. The van der Waals surface area contributed by atoms with Crippen LogP contribution in [0.1, 0.15) is 11.4 Å². The zero-order valence-electron chi connectivity index (χ0n) is 11.3. The minimum Gasteiger partial charge on any atom is -0.372 e. The van der Waals surface area contributed by atoms with Gasteiger partial charge in [0.25, 0.3) is 5.82 Å². The Hall–Kier alpha value is -1.84. The average molecular weight is 288 g/mol. The number of fused-ring (bicyclic) bond motifs is 1. The Morgan fingerprint density at radius 3 is 2.65 bits per heavy atom. The van der Waals surface area contributed by atoms with E-state index in [1.165, 1.54) is 0 Å². The maximum Gasteiger partial charge on any atom is 0.281 e. The van der Waals surface area contributed by atoms with Crippen LogP contribution in [0.25, 0.3) is 11.0 Å². The van der Waals surface area contributed by atoms with Crippen molar-refractivity contribution in [3.8, 4) is 0 Å². The van der Waals surface area contributed by atoms with E-state index >= 15 is 0 Å². The lowest BCUT2D eigenvalue weighted by Crippen LogP contribution is -2.38. The molecule has 0 aliphatic carbocycles. The van der Waals surface area contributed by atoms with Gasteiger partial charge in [0.05, 0.1) is 0 Å². The highest BCUT2D eigenvalue weighted by Gasteiger charge is 2.18. The molecular formula is C16H16ClN2O+. The predicted molar refractivity (Wildman–Crippen MR) is 79.8 cm³/mol. The number of hydrogen-bond acceptors (Lipinski definition) is 1. The molecule has 2 aromatic carbocycles. The van der Waals surface area contributed by atoms with Crippen LogP contribution in [0.3, 0.4) is 0 Å². The summed E-state index contributed by atoms with van der Waals surface area (Å²) in [6.45, 7) is 1.27. The van der Waals surface area contributed by atoms with Gasteiger partial charge in [-0.1, -0.05) is 41.9 Å². The highest BCUT2D eigenvalue weighted by atomic mass is 35.5. The summed E-state index contributed by atoms with van der Waals surface area (Å²) in [5, 5.41) is 0.786. The Morgan fingerprint density at radius 1 is 1.10 bits per heavy atom. The molecule has 0 spiro atoms. The highest BCUT2D eigenvalue weighted by Crippen LogP contribution is 2.16. The fraction of sp³-hybridized carbons (Fsp3) is 0.188. The molecule has 0 bridgehead atoms. The summed E-state index contributed by atoms with van der Waals surface area (Å²) in [7, 11) is 1.70. The first-order chi connectivity index (χ1) is 9.79. The van der Waals surface area contributed by atoms with E-state index in [2.05, 4.69) is 21.7 Å². The number of aromatic amines is 1. The number of aromatic nitrogens is 2. The van der Waals surface area contributed by atoms with Crippen LogP contribution in [-0.2, 0) is 17.9 Å². The standard InChI is InChI=1S/C16H15ClN2O/c1-20-11-16-18-14-8-4-5-9-15(14)19(16)10-12-6-2-3-7-13(12)17/h2-9H,10-11H2,1H3/p+1. The number of rotatable bonds is 4. The lowest BCUT2D eigenvalue weighted by atomic mass is 10.2. The van der Waals surface area contributed by atoms with Crippen molar-refractivity contribution in [3.05, 3.63) is 64.9 Å². The second-order valence-corrected chi connectivity index (χ2v) is 5.11. The zero-order chi connectivity index (χ0) is 13.9. The minimum absolute atomic E-state index is 0.541. The molecule has 0 amide bonds. The third-order valence-electron chi connectivity index (χ3n) is 3.37. The second kappa shape index (κ2) is 5.65. The van der Waals surface area contributed by atoms with E-state index in [1.54, 1.807) is 7.11 Å². The number of ether oxygens (including phenoxy) is 1. The van der Waals surface area contributed by atoms with E-state index in [9.17, 15) is 0 Å². The van der Waals surface area contributed by atoms with Gasteiger partial charge in [0.15, 0.2) is 11.0 Å². The van der Waals surface area contributed by atoms with Gasteiger partial charge in [-0.2, -0.15) is 0 Å². The van der Waals surface area contributed by atoms with Gasteiger partial charge in [0.2, 0.25) is 0 Å². The van der Waals surface area contributed by atoms with Gasteiger partial charge in [0, 0.05) is 17.7 Å². The largest absolute Gasteiger partial charge is 0.372 e. The molecule has 1 N–H and O–H groups in total. The van der Waals surface area contributed by atoms with Crippen LogP contribution < -0.4 is 4.57 Å². The fourth-order valence-corrected chi connectivity index (χ4v) is 2.61. The average Bonchev–Trinajstić information content (AvgIpc) is 2.80. The summed E-state index contributed by atoms with van der Waals surface area (Å²) >= 11 is 6.27. The number of hydrogen-bond donors (Lipinski definition) is 1. The van der Waals surface area contributed by atoms with Crippen LogP contribution in [0.2, 0.25) is 5.02 Å². The molecule has 0 aliphatic rings. The van der Waals surface area contributed by atoms with E-state index in [4.69, 9.17) is 16.3 Å². The SMILES string of the molecule is COCc1[nH]c2ccccc2[n+]1Cc1ccccc1Cl. The topological polar surface area (TPSA) is 28.9 Å². The molecule has 20 heavy (non-hydrogen) atoms. The summed E-state index contributed by atoms with van der Waals surface area (Å²) in [6.07, 6.45) is 0. The van der Waals surface area contributed by atoms with Gasteiger partial charge in [0.1, 0.15) is 13.2 Å². The maximum atomic E-state index is 6.27. The molecule has 0 saturated carbocycles. The molecule has 3 rings (SSSR count). The van der Waals surface area contributed by atoms with Crippen LogP contribution in [0, 0.1) is 0 Å². The molecule has 0 radical (unpaired) electrons. The third-order valence-corrected chi connectivity index (χ3v) is 3.74. The van der Waals surface area contributed by atoms with Gasteiger partial charge < -0.3 is 4.74 Å². The molecule has 0 aliphatic heterocycles. The van der Waals surface area contributed by atoms with Crippen molar-refractivity contribution in [1.29, 1.82) is 0 Å². The molecule has 0 atom stereocenters. The Kier molecular flexibility index (Phi) is 3.72. The lowest BCUT2D eigenvalue weighted by Gasteiger charge is -2.04. The van der Waals surface area contributed by atoms with Crippen molar-refractivity contribution >= 4 is 22.6 Å². The van der Waals surface area contributed by atoms with Crippen LogP contribution in [-0.4, -0.2) is 12.1 Å². The molecule has 3 aromatic rings. The first-order valence-electron chi connectivity index (χ1n) is 6.51. The smallest absolute Gasteiger partial charge is 0.281 e. The number of benzene rings is 2. The summed E-state index contributed by atoms with van der Waals surface area (Å²) < 4.78 is 7.49. The molecule has 3 nitrogen and oxygen atoms in total. The summed E-state index contributed by atoms with van der Waals surface area (Å²) in [5.41, 5.74) is 3.35. The second-order valence-electron chi connectivity index (χ2n) is 4.70. The van der Waals surface area contributed by atoms with Gasteiger partial charge in [-0.15, -0.1) is 0 Å². The van der Waals surface area contributed by atoms with Gasteiger partial charge in [-0.3, -0.25) is 0 Å². The molecule has 1 aromatic heterocycles. The summed E-state index contributed by atoms with van der Waals surface area (Å²) in [6, 6.07) is 16.1. The zero-order valence-corrected chi connectivity index (χ0v) is 12.0. The highest BCUT2D eigenvalue weighted by molar-refractivity contribution is 6.31. The van der Waals surface area contributed by atoms with Crippen LogP contribution in [0.4, 0.5) is 0 Å². The Balaban J connectivity index is 2.09. The summed E-state index contributed by atoms with van der Waals surface area (Å²) in [5.74, 6) is 1.04. The normalized spacial score (nSPS) is 11.1. The quantitative estimate of drug-likeness (QED) is 0.733. The van der Waals surface area contributed by atoms with Crippen LogP contribution in [0.15, 0.2) is 48.5 Å². The first kappa shape index (κ1) is 13.2. The van der Waals surface area contributed by atoms with Crippen LogP contribution in [0.5, 0.6) is 0 Å². The van der Waals surface area contributed by atoms with Crippen molar-refractivity contribution in [1.82, 2.24) is 4.98 Å². The minimum atomic E-state index is 0.541. The van der Waals surface area contributed by atoms with E-state index < -0.39 is 0 Å². The van der Waals surface area contributed by atoms with Crippen molar-refractivity contribution in [2.24, 2.45) is 0 Å². The van der Waals surface area contributed by atoms with Crippen molar-refractivity contribution in [3.63, 3.8) is 0 Å². The van der Waals surface area contributed by atoms with Crippen molar-refractivity contribution < 1.29 is 9.30 Å². The maximum absolute atomic E-state index is 6.27. The molecular weight excluding hydrogens is 272 g/mol. The molecule has 102 valence electrons. The van der Waals surface area contributed by atoms with Gasteiger partial charge in [-0.05, 0) is 18.2 Å². The van der Waals surface area contributed by atoms with Gasteiger partial charge in [-0.25, -0.2) is 9.55 Å². The first-order valence-corrected chi connectivity index (χ1v) is 6.89. The molecule has 1 heterocycles. The van der Waals surface area contributed by atoms with Crippen LogP contribution >= 0.6 is 11.6 Å². The molecule has 4 heteroatoms. The number of nitrogens with one attached hydrogen (secondary N) is 1. The van der Waals surface area contributed by atoms with E-state index in [1.807, 2.05) is 36.4 Å². The van der Waals surface area contributed by atoms with Crippen molar-refractivity contribution in [2.75, 3.05) is 7.11 Å². The lowest BCUT2D eigenvalue weighted by molar-refractivity contribution is -0.672.